The van der Waals surface area contributed by atoms with Crippen molar-refractivity contribution in [3.05, 3.63) is 93.2 Å². The first kappa shape index (κ1) is 14.5. The fraction of sp³-hybridized carbons (Fsp3) is 0.0952. The van der Waals surface area contributed by atoms with Crippen LogP contribution in [0.4, 0.5) is 0 Å². The zero-order valence-electron chi connectivity index (χ0n) is 14.4. The minimum atomic E-state index is -0.810. The van der Waals surface area contributed by atoms with Crippen LogP contribution in [-0.2, 0) is 5.41 Å². The highest BCUT2D eigenvalue weighted by Gasteiger charge is 2.55. The number of aryl methyl sites for hydroxylation is 1. The minimum Gasteiger partial charge on any atom is -0.418 e. The van der Waals surface area contributed by atoms with E-state index in [9.17, 15) is 4.79 Å². The molecule has 0 atom stereocenters. The monoisotopic (exact) mass is 354 g/mol. The molecule has 0 amide bonds. The molecule has 0 bridgehead atoms. The van der Waals surface area contributed by atoms with E-state index < -0.39 is 5.41 Å². The number of rotatable bonds is 0. The maximum atomic E-state index is 13.1. The van der Waals surface area contributed by atoms with Gasteiger partial charge in [-0.25, -0.2) is 4.98 Å². The van der Waals surface area contributed by atoms with Gasteiger partial charge in [-0.15, -0.1) is 5.10 Å². The van der Waals surface area contributed by atoms with Gasteiger partial charge in [0.15, 0.2) is 0 Å². The average molecular weight is 354 g/mol. The van der Waals surface area contributed by atoms with Crippen molar-refractivity contribution in [1.29, 1.82) is 0 Å². The summed E-state index contributed by atoms with van der Waals surface area (Å²) in [4.78, 5) is 20.1. The Kier molecular flexibility index (Phi) is 2.54. The molecule has 0 fully saturated rings. The van der Waals surface area contributed by atoms with Gasteiger partial charge in [0.05, 0.1) is 22.9 Å². The second-order valence-corrected chi connectivity index (χ2v) is 6.88. The quantitative estimate of drug-likeness (QED) is 0.438. The first-order valence-electron chi connectivity index (χ1n) is 8.73. The maximum Gasteiger partial charge on any atom is 0.259 e. The topological polar surface area (TPSA) is 83.7 Å². The Morgan fingerprint density at radius 2 is 1.59 bits per heavy atom. The van der Waals surface area contributed by atoms with Crippen LogP contribution in [-0.4, -0.2) is 20.2 Å². The molecule has 130 valence electrons. The van der Waals surface area contributed by atoms with Crippen molar-refractivity contribution >= 4 is 0 Å². The molecule has 27 heavy (non-hydrogen) atoms. The van der Waals surface area contributed by atoms with Crippen LogP contribution >= 0.6 is 0 Å². The van der Waals surface area contributed by atoms with Crippen LogP contribution in [0, 0.1) is 6.92 Å². The standard InChI is InChI=1S/C21H14N4O2/c1-11-16-20(25-24-11)27-19-17(18(26)22-10-23-19)21(16)14-8-4-2-6-12(14)13-7-3-5-9-15(13)21/h2-10H,1H3,(H,24,25)(H,22,23,26). The molecule has 3 heterocycles. The number of aromatic nitrogens is 4. The minimum absolute atomic E-state index is 0.210. The fourth-order valence-electron chi connectivity index (χ4n) is 4.70. The molecule has 1 spiro atoms. The molecule has 0 saturated carbocycles. The first-order chi connectivity index (χ1) is 13.2. The van der Waals surface area contributed by atoms with E-state index in [1.54, 1.807) is 0 Å². The number of aromatic amines is 2. The van der Waals surface area contributed by atoms with Gasteiger partial charge >= 0.3 is 0 Å². The zero-order chi connectivity index (χ0) is 18.2. The van der Waals surface area contributed by atoms with Gasteiger partial charge in [-0.1, -0.05) is 48.5 Å². The third-order valence-electron chi connectivity index (χ3n) is 5.63. The summed E-state index contributed by atoms with van der Waals surface area (Å²) in [6.45, 7) is 1.95. The Hall–Kier alpha value is -3.67. The van der Waals surface area contributed by atoms with Crippen molar-refractivity contribution in [2.24, 2.45) is 0 Å². The number of nitrogens with zero attached hydrogens (tertiary/aromatic N) is 2. The molecular formula is C21H14N4O2. The molecule has 0 radical (unpaired) electrons. The van der Waals surface area contributed by atoms with Crippen molar-refractivity contribution in [2.75, 3.05) is 0 Å². The Balaban J connectivity index is 1.91. The molecule has 2 N–H and O–H groups in total. The molecular weight excluding hydrogens is 340 g/mol. The molecule has 1 aliphatic carbocycles. The number of hydrogen-bond acceptors (Lipinski definition) is 4. The van der Waals surface area contributed by atoms with Gasteiger partial charge in [-0.05, 0) is 29.2 Å². The highest BCUT2D eigenvalue weighted by molar-refractivity contribution is 5.88. The second kappa shape index (κ2) is 4.73. The number of fused-ring (bicyclic) bond motifs is 9. The van der Waals surface area contributed by atoms with Crippen LogP contribution in [0.5, 0.6) is 11.8 Å². The molecule has 6 nitrogen and oxygen atoms in total. The molecule has 6 rings (SSSR count). The lowest BCUT2D eigenvalue weighted by molar-refractivity contribution is 0.400. The highest BCUT2D eigenvalue weighted by Crippen LogP contribution is 2.60. The van der Waals surface area contributed by atoms with E-state index in [4.69, 9.17) is 4.74 Å². The molecule has 4 aromatic rings. The SMILES string of the molecule is Cc1[nH]nc2c1C1(c3ccccc3-c3ccccc31)c1c(nc[nH]c1=O)O2. The fourth-order valence-corrected chi connectivity index (χ4v) is 4.70. The van der Waals surface area contributed by atoms with Gasteiger partial charge in [0.1, 0.15) is 0 Å². The van der Waals surface area contributed by atoms with E-state index in [2.05, 4.69) is 44.4 Å². The first-order valence-corrected chi connectivity index (χ1v) is 8.73. The van der Waals surface area contributed by atoms with Gasteiger partial charge in [0, 0.05) is 5.69 Å². The van der Waals surface area contributed by atoms with Crippen molar-refractivity contribution in [2.45, 2.75) is 12.3 Å². The summed E-state index contributed by atoms with van der Waals surface area (Å²) in [5.74, 6) is 0.758. The summed E-state index contributed by atoms with van der Waals surface area (Å²) in [7, 11) is 0. The van der Waals surface area contributed by atoms with Crippen LogP contribution in [0.25, 0.3) is 11.1 Å². The maximum absolute atomic E-state index is 13.1. The van der Waals surface area contributed by atoms with Crippen LogP contribution in [0.3, 0.4) is 0 Å². The van der Waals surface area contributed by atoms with Crippen molar-refractivity contribution in [1.82, 2.24) is 20.2 Å². The van der Waals surface area contributed by atoms with Gasteiger partial charge in [-0.3, -0.25) is 9.89 Å². The largest absolute Gasteiger partial charge is 0.418 e. The van der Waals surface area contributed by atoms with Crippen LogP contribution in [0.2, 0.25) is 0 Å². The second-order valence-electron chi connectivity index (χ2n) is 6.88. The lowest BCUT2D eigenvalue weighted by Gasteiger charge is -2.35. The predicted octanol–water partition coefficient (Wildman–Crippen LogP) is 3.27. The molecule has 6 heteroatoms. The number of nitrogens with one attached hydrogen (secondary N) is 2. The van der Waals surface area contributed by atoms with Gasteiger partial charge in [0.25, 0.3) is 5.56 Å². The van der Waals surface area contributed by atoms with Crippen molar-refractivity contribution in [3.63, 3.8) is 0 Å². The molecule has 2 aliphatic rings. The normalized spacial score (nSPS) is 14.9. The number of ether oxygens (including phenoxy) is 1. The van der Waals surface area contributed by atoms with Gasteiger partial charge in [-0.2, -0.15) is 0 Å². The Morgan fingerprint density at radius 1 is 0.926 bits per heavy atom. The Bertz CT molecular complexity index is 1260. The third kappa shape index (κ3) is 1.54. The number of H-pyrrole nitrogens is 2. The van der Waals surface area contributed by atoms with Gasteiger partial charge in [0.2, 0.25) is 11.8 Å². The van der Waals surface area contributed by atoms with E-state index in [-0.39, 0.29) is 5.56 Å². The Morgan fingerprint density at radius 3 is 2.30 bits per heavy atom. The highest BCUT2D eigenvalue weighted by atomic mass is 16.5. The Labute approximate surface area is 153 Å². The van der Waals surface area contributed by atoms with Crippen molar-refractivity contribution in [3.8, 4) is 22.9 Å². The number of hydrogen-bond donors (Lipinski definition) is 2. The molecule has 1 aliphatic heterocycles. The molecule has 2 aromatic heterocycles. The van der Waals surface area contributed by atoms with Crippen LogP contribution in [0.15, 0.2) is 59.7 Å². The van der Waals surface area contributed by atoms with E-state index in [0.717, 1.165) is 33.5 Å². The van der Waals surface area contributed by atoms with Crippen LogP contribution < -0.4 is 10.3 Å². The molecule has 2 aromatic carbocycles. The smallest absolute Gasteiger partial charge is 0.259 e. The predicted molar refractivity (Wildman–Crippen MR) is 99.1 cm³/mol. The number of benzene rings is 2. The summed E-state index contributed by atoms with van der Waals surface area (Å²) in [6, 6.07) is 16.4. The lowest BCUT2D eigenvalue weighted by atomic mass is 9.67. The summed E-state index contributed by atoms with van der Waals surface area (Å²) in [5, 5.41) is 7.38. The lowest BCUT2D eigenvalue weighted by Crippen LogP contribution is -2.38. The summed E-state index contributed by atoms with van der Waals surface area (Å²) in [6.07, 6.45) is 1.37. The van der Waals surface area contributed by atoms with Gasteiger partial charge < -0.3 is 9.72 Å². The molecule has 0 saturated heterocycles. The molecule has 0 unspecified atom stereocenters. The van der Waals surface area contributed by atoms with E-state index in [1.165, 1.54) is 6.33 Å². The van der Waals surface area contributed by atoms with E-state index >= 15 is 0 Å². The summed E-state index contributed by atoms with van der Waals surface area (Å²) >= 11 is 0. The average Bonchev–Trinajstić information content (AvgIpc) is 3.20. The third-order valence-corrected chi connectivity index (χ3v) is 5.63. The van der Waals surface area contributed by atoms with Crippen molar-refractivity contribution < 1.29 is 4.74 Å². The zero-order valence-corrected chi connectivity index (χ0v) is 14.4. The van der Waals surface area contributed by atoms with Crippen LogP contribution in [0.1, 0.15) is 27.9 Å². The van der Waals surface area contributed by atoms with E-state index in [0.29, 0.717) is 17.3 Å². The van der Waals surface area contributed by atoms with E-state index in [1.807, 2.05) is 31.2 Å². The summed E-state index contributed by atoms with van der Waals surface area (Å²) in [5.41, 5.74) is 5.51. The summed E-state index contributed by atoms with van der Waals surface area (Å²) < 4.78 is 5.92.